The van der Waals surface area contributed by atoms with Gasteiger partial charge in [-0.1, -0.05) is 32.6 Å². The van der Waals surface area contributed by atoms with Gasteiger partial charge in [0.2, 0.25) is 0 Å². The number of hydrogen-bond donors (Lipinski definition) is 2. The molecule has 0 aliphatic heterocycles. The molecule has 5 heteroatoms. The molecule has 0 aliphatic carbocycles. The summed E-state index contributed by atoms with van der Waals surface area (Å²) in [4.78, 5) is 11.4. The van der Waals surface area contributed by atoms with Crippen LogP contribution in [0.15, 0.2) is 0 Å². The van der Waals surface area contributed by atoms with Gasteiger partial charge in [0.1, 0.15) is 0 Å². The minimum absolute atomic E-state index is 0.0457. The second-order valence-electron chi connectivity index (χ2n) is 4.25. The average Bonchev–Trinajstić information content (AvgIpc) is 2.33. The summed E-state index contributed by atoms with van der Waals surface area (Å²) < 4.78 is 10.5. The van der Waals surface area contributed by atoms with Crippen LogP contribution >= 0.6 is 0 Å². The van der Waals surface area contributed by atoms with Crippen molar-refractivity contribution in [1.29, 1.82) is 0 Å². The predicted octanol–water partition coefficient (Wildman–Crippen LogP) is 1.37. The third kappa shape index (κ3) is 8.12. The molecule has 0 radical (unpaired) electrons. The van der Waals surface area contributed by atoms with E-state index < -0.39 is 6.10 Å². The van der Waals surface area contributed by atoms with Crippen molar-refractivity contribution < 1.29 is 14.3 Å². The SMILES string of the molecule is CCCCCCC(C)OC(COC)C(=O)NN. The lowest BCUT2D eigenvalue weighted by Gasteiger charge is -2.20. The summed E-state index contributed by atoms with van der Waals surface area (Å²) in [6.07, 6.45) is 5.18. The Balaban J connectivity index is 3.86. The van der Waals surface area contributed by atoms with Gasteiger partial charge in [0, 0.05) is 7.11 Å². The van der Waals surface area contributed by atoms with Gasteiger partial charge >= 0.3 is 0 Å². The highest BCUT2D eigenvalue weighted by Crippen LogP contribution is 2.10. The standard InChI is InChI=1S/C12H26N2O3/c1-4-5-6-7-8-10(2)17-11(9-16-3)12(15)14-13/h10-11H,4-9,13H2,1-3H3,(H,14,15). The number of hydrogen-bond acceptors (Lipinski definition) is 4. The summed E-state index contributed by atoms with van der Waals surface area (Å²) in [6.45, 7) is 4.38. The molecule has 0 aromatic rings. The van der Waals surface area contributed by atoms with Crippen LogP contribution in [-0.2, 0) is 14.3 Å². The molecule has 0 bridgehead atoms. The summed E-state index contributed by atoms with van der Waals surface area (Å²) in [5.41, 5.74) is 2.09. The van der Waals surface area contributed by atoms with E-state index in [2.05, 4.69) is 12.3 Å². The van der Waals surface area contributed by atoms with Crippen LogP contribution < -0.4 is 11.3 Å². The number of carbonyl (C=O) groups excluding carboxylic acids is 1. The third-order valence-electron chi connectivity index (χ3n) is 2.61. The number of unbranched alkanes of at least 4 members (excludes halogenated alkanes) is 3. The van der Waals surface area contributed by atoms with E-state index in [1.165, 1.54) is 26.4 Å². The highest BCUT2D eigenvalue weighted by molar-refractivity contribution is 5.80. The zero-order valence-electron chi connectivity index (χ0n) is 11.2. The van der Waals surface area contributed by atoms with E-state index in [-0.39, 0.29) is 18.6 Å². The van der Waals surface area contributed by atoms with Crippen molar-refractivity contribution in [2.24, 2.45) is 5.84 Å². The molecule has 17 heavy (non-hydrogen) atoms. The van der Waals surface area contributed by atoms with Crippen LogP contribution in [0.5, 0.6) is 0 Å². The van der Waals surface area contributed by atoms with Crippen molar-refractivity contribution >= 4 is 5.91 Å². The average molecular weight is 246 g/mol. The number of carbonyl (C=O) groups is 1. The number of rotatable bonds is 10. The topological polar surface area (TPSA) is 73.6 Å². The molecule has 2 atom stereocenters. The van der Waals surface area contributed by atoms with Gasteiger partial charge in [-0.3, -0.25) is 10.2 Å². The molecular weight excluding hydrogens is 220 g/mol. The molecule has 2 unspecified atom stereocenters. The maximum absolute atomic E-state index is 11.4. The first-order valence-corrected chi connectivity index (χ1v) is 6.30. The number of amides is 1. The Morgan fingerprint density at radius 2 is 2.06 bits per heavy atom. The molecule has 0 rings (SSSR count). The Morgan fingerprint density at radius 1 is 1.35 bits per heavy atom. The summed E-state index contributed by atoms with van der Waals surface area (Å²) in [5.74, 6) is 4.74. The molecule has 0 saturated heterocycles. The molecule has 5 nitrogen and oxygen atoms in total. The minimum atomic E-state index is -0.619. The van der Waals surface area contributed by atoms with Crippen molar-refractivity contribution in [2.45, 2.75) is 58.2 Å². The van der Waals surface area contributed by atoms with E-state index in [1.807, 2.05) is 6.92 Å². The molecule has 102 valence electrons. The monoisotopic (exact) mass is 246 g/mol. The molecule has 0 aromatic heterocycles. The van der Waals surface area contributed by atoms with E-state index >= 15 is 0 Å². The molecule has 0 fully saturated rings. The van der Waals surface area contributed by atoms with Gasteiger partial charge in [0.25, 0.3) is 5.91 Å². The lowest BCUT2D eigenvalue weighted by molar-refractivity contribution is -0.140. The van der Waals surface area contributed by atoms with Crippen LogP contribution in [0.3, 0.4) is 0 Å². The third-order valence-corrected chi connectivity index (χ3v) is 2.61. The van der Waals surface area contributed by atoms with Crippen molar-refractivity contribution in [2.75, 3.05) is 13.7 Å². The van der Waals surface area contributed by atoms with E-state index in [1.54, 1.807) is 0 Å². The van der Waals surface area contributed by atoms with Gasteiger partial charge in [-0.2, -0.15) is 0 Å². The highest BCUT2D eigenvalue weighted by Gasteiger charge is 2.20. The normalized spacial score (nSPS) is 14.4. The molecule has 0 aliphatic rings. The van der Waals surface area contributed by atoms with Crippen LogP contribution in [0, 0.1) is 0 Å². The summed E-state index contributed by atoms with van der Waals surface area (Å²) >= 11 is 0. The molecule has 0 spiro atoms. The van der Waals surface area contributed by atoms with Crippen LogP contribution in [0.4, 0.5) is 0 Å². The van der Waals surface area contributed by atoms with Gasteiger partial charge in [-0.05, 0) is 13.3 Å². The second-order valence-corrected chi connectivity index (χ2v) is 4.25. The summed E-state index contributed by atoms with van der Waals surface area (Å²) in [5, 5.41) is 0. The van der Waals surface area contributed by atoms with Crippen LogP contribution in [0.1, 0.15) is 46.0 Å². The fourth-order valence-corrected chi connectivity index (χ4v) is 1.63. The van der Waals surface area contributed by atoms with E-state index in [4.69, 9.17) is 15.3 Å². The number of nitrogens with one attached hydrogen (secondary N) is 1. The van der Waals surface area contributed by atoms with Crippen molar-refractivity contribution in [3.05, 3.63) is 0 Å². The first-order chi connectivity index (χ1) is 8.15. The molecular formula is C12H26N2O3. The first kappa shape index (κ1) is 16.4. The first-order valence-electron chi connectivity index (χ1n) is 6.30. The van der Waals surface area contributed by atoms with Crippen LogP contribution in [0.25, 0.3) is 0 Å². The van der Waals surface area contributed by atoms with Crippen molar-refractivity contribution in [3.8, 4) is 0 Å². The van der Waals surface area contributed by atoms with Gasteiger partial charge in [0.15, 0.2) is 6.10 Å². The lowest BCUT2D eigenvalue weighted by atomic mass is 10.1. The van der Waals surface area contributed by atoms with Crippen molar-refractivity contribution in [1.82, 2.24) is 5.43 Å². The second kappa shape index (κ2) is 10.5. The highest BCUT2D eigenvalue weighted by atomic mass is 16.5. The molecule has 0 saturated carbocycles. The molecule has 3 N–H and O–H groups in total. The van der Waals surface area contributed by atoms with Gasteiger partial charge in [0.05, 0.1) is 12.7 Å². The van der Waals surface area contributed by atoms with Crippen LogP contribution in [0.2, 0.25) is 0 Å². The molecule has 1 amide bonds. The Hall–Kier alpha value is -0.650. The Morgan fingerprint density at radius 3 is 2.59 bits per heavy atom. The summed E-state index contributed by atoms with van der Waals surface area (Å²) in [6, 6.07) is 0. The van der Waals surface area contributed by atoms with Gasteiger partial charge in [-0.15, -0.1) is 0 Å². The van der Waals surface area contributed by atoms with Crippen LogP contribution in [-0.4, -0.2) is 31.8 Å². The van der Waals surface area contributed by atoms with E-state index in [0.29, 0.717) is 0 Å². The quantitative estimate of drug-likeness (QED) is 0.264. The Bertz CT molecular complexity index is 200. The lowest BCUT2D eigenvalue weighted by Crippen LogP contribution is -2.44. The van der Waals surface area contributed by atoms with E-state index in [9.17, 15) is 4.79 Å². The fourth-order valence-electron chi connectivity index (χ4n) is 1.63. The number of methoxy groups -OCH3 is 1. The summed E-state index contributed by atoms with van der Waals surface area (Å²) in [7, 11) is 1.53. The minimum Gasteiger partial charge on any atom is -0.381 e. The number of ether oxygens (including phenoxy) is 2. The maximum Gasteiger partial charge on any atom is 0.265 e. The zero-order valence-corrected chi connectivity index (χ0v) is 11.2. The Kier molecular flexibility index (Phi) is 10.1. The molecule has 0 aromatic carbocycles. The van der Waals surface area contributed by atoms with E-state index in [0.717, 1.165) is 12.8 Å². The number of nitrogens with two attached hydrogens (primary N) is 1. The van der Waals surface area contributed by atoms with Gasteiger partial charge < -0.3 is 9.47 Å². The Labute approximate surface area is 104 Å². The van der Waals surface area contributed by atoms with Crippen molar-refractivity contribution in [3.63, 3.8) is 0 Å². The van der Waals surface area contributed by atoms with Gasteiger partial charge in [-0.25, -0.2) is 5.84 Å². The largest absolute Gasteiger partial charge is 0.381 e. The molecule has 0 heterocycles. The zero-order chi connectivity index (χ0) is 13.1. The fraction of sp³-hybridized carbons (Fsp3) is 0.917. The maximum atomic E-state index is 11.4. The smallest absolute Gasteiger partial charge is 0.265 e. The number of hydrazine groups is 1. The predicted molar refractivity (Wildman–Crippen MR) is 67.3 cm³/mol.